The molecule has 2 aromatic heterocycles. The van der Waals surface area contributed by atoms with Crippen LogP contribution in [0.15, 0.2) is 21.3 Å². The molecule has 1 amide bonds. The Bertz CT molecular complexity index is 656. The Hall–Kier alpha value is -1.73. The van der Waals surface area contributed by atoms with E-state index < -0.39 is 0 Å². The number of carbonyl (C=O) groups is 1. The van der Waals surface area contributed by atoms with Crippen LogP contribution in [-0.2, 0) is 11.2 Å². The molecule has 130 valence electrons. The molecule has 2 heterocycles. The Morgan fingerprint density at radius 1 is 1.46 bits per heavy atom. The van der Waals surface area contributed by atoms with Gasteiger partial charge >= 0.3 is 0 Å². The van der Waals surface area contributed by atoms with Gasteiger partial charge in [0, 0.05) is 43.3 Å². The fourth-order valence-corrected chi connectivity index (χ4v) is 3.76. The van der Waals surface area contributed by atoms with Crippen molar-refractivity contribution in [2.24, 2.45) is 5.92 Å². The molecule has 1 aliphatic rings. The summed E-state index contributed by atoms with van der Waals surface area (Å²) in [4.78, 5) is 18.3. The summed E-state index contributed by atoms with van der Waals surface area (Å²) in [6.07, 6.45) is 4.55. The predicted octanol–water partition coefficient (Wildman–Crippen LogP) is 2.74. The monoisotopic (exact) mass is 349 g/mol. The zero-order valence-corrected chi connectivity index (χ0v) is 14.7. The van der Waals surface area contributed by atoms with Gasteiger partial charge in [0.05, 0.1) is 6.10 Å². The molecule has 0 bridgehead atoms. The summed E-state index contributed by atoms with van der Waals surface area (Å²) >= 11 is 1.58. The van der Waals surface area contributed by atoms with Gasteiger partial charge in [-0.1, -0.05) is 18.0 Å². The minimum Gasteiger partial charge on any atom is -0.393 e. The smallest absolute Gasteiger partial charge is 0.227 e. The summed E-state index contributed by atoms with van der Waals surface area (Å²) in [6, 6.07) is 1.94. The number of nitrogens with zero attached hydrogens (tertiary/aromatic N) is 3. The molecule has 7 heteroatoms. The van der Waals surface area contributed by atoms with Crippen LogP contribution in [0.4, 0.5) is 0 Å². The van der Waals surface area contributed by atoms with E-state index in [-0.39, 0.29) is 17.9 Å². The van der Waals surface area contributed by atoms with Crippen LogP contribution in [0.5, 0.6) is 0 Å². The molecule has 6 nitrogen and oxygen atoms in total. The van der Waals surface area contributed by atoms with Crippen LogP contribution in [0, 0.1) is 5.92 Å². The van der Waals surface area contributed by atoms with Crippen molar-refractivity contribution in [3.63, 3.8) is 0 Å². The van der Waals surface area contributed by atoms with Crippen LogP contribution < -0.4 is 0 Å². The normalized spacial score (nSPS) is 20.9. The summed E-state index contributed by atoms with van der Waals surface area (Å²) in [5.41, 5.74) is 0.935. The Labute approximate surface area is 145 Å². The lowest BCUT2D eigenvalue weighted by atomic mass is 9.86. The van der Waals surface area contributed by atoms with E-state index in [1.807, 2.05) is 16.8 Å². The van der Waals surface area contributed by atoms with Crippen molar-refractivity contribution in [2.45, 2.75) is 44.6 Å². The fourth-order valence-electron chi connectivity index (χ4n) is 3.12. The number of hydrogen-bond donors (Lipinski definition) is 1. The fraction of sp³-hybridized carbons (Fsp3) is 0.588. The SMILES string of the molecule is CN(CC1CCCCC1O)C(=O)CCc1nc(-c2ccsc2)no1. The van der Waals surface area contributed by atoms with Gasteiger partial charge in [-0.3, -0.25) is 4.79 Å². The molecule has 1 aliphatic carbocycles. The summed E-state index contributed by atoms with van der Waals surface area (Å²) in [7, 11) is 1.80. The Balaban J connectivity index is 1.48. The third-order valence-corrected chi connectivity index (χ3v) is 5.29. The number of thiophene rings is 1. The highest BCUT2D eigenvalue weighted by molar-refractivity contribution is 7.08. The van der Waals surface area contributed by atoms with Gasteiger partial charge in [-0.05, 0) is 24.3 Å². The van der Waals surface area contributed by atoms with Gasteiger partial charge in [0.25, 0.3) is 0 Å². The van der Waals surface area contributed by atoms with Gasteiger partial charge in [0.15, 0.2) is 0 Å². The number of amides is 1. The quantitative estimate of drug-likeness (QED) is 0.867. The van der Waals surface area contributed by atoms with E-state index in [2.05, 4.69) is 10.1 Å². The molecule has 1 fully saturated rings. The lowest BCUT2D eigenvalue weighted by Gasteiger charge is -2.31. The van der Waals surface area contributed by atoms with E-state index in [0.717, 1.165) is 31.2 Å². The Kier molecular flexibility index (Phi) is 5.63. The number of rotatable bonds is 6. The van der Waals surface area contributed by atoms with Crippen molar-refractivity contribution < 1.29 is 14.4 Å². The molecule has 0 saturated heterocycles. The number of aryl methyl sites for hydroxylation is 1. The second kappa shape index (κ2) is 7.90. The van der Waals surface area contributed by atoms with E-state index in [1.54, 1.807) is 23.3 Å². The summed E-state index contributed by atoms with van der Waals surface area (Å²) in [5, 5.41) is 17.9. The Morgan fingerprint density at radius 3 is 3.04 bits per heavy atom. The van der Waals surface area contributed by atoms with E-state index >= 15 is 0 Å². The van der Waals surface area contributed by atoms with Crippen LogP contribution in [-0.4, -0.2) is 45.8 Å². The Morgan fingerprint density at radius 2 is 2.29 bits per heavy atom. The van der Waals surface area contributed by atoms with Crippen LogP contribution in [0.2, 0.25) is 0 Å². The lowest BCUT2D eigenvalue weighted by molar-refractivity contribution is -0.131. The second-order valence-corrected chi connectivity index (χ2v) is 7.19. The van der Waals surface area contributed by atoms with Gasteiger partial charge in [-0.25, -0.2) is 0 Å². The average molecular weight is 349 g/mol. The summed E-state index contributed by atoms with van der Waals surface area (Å²) in [5.74, 6) is 1.29. The van der Waals surface area contributed by atoms with E-state index in [4.69, 9.17) is 4.52 Å². The zero-order chi connectivity index (χ0) is 16.9. The highest BCUT2D eigenvalue weighted by atomic mass is 32.1. The zero-order valence-electron chi connectivity index (χ0n) is 13.9. The topological polar surface area (TPSA) is 79.5 Å². The number of aromatic nitrogens is 2. The van der Waals surface area contributed by atoms with Crippen molar-refractivity contribution in [2.75, 3.05) is 13.6 Å². The molecule has 1 saturated carbocycles. The van der Waals surface area contributed by atoms with Gasteiger partial charge < -0.3 is 14.5 Å². The van der Waals surface area contributed by atoms with E-state index in [9.17, 15) is 9.90 Å². The first-order valence-corrected chi connectivity index (χ1v) is 9.35. The third kappa shape index (κ3) is 4.21. The predicted molar refractivity (Wildman–Crippen MR) is 91.5 cm³/mol. The first kappa shape index (κ1) is 17.1. The molecular weight excluding hydrogens is 326 g/mol. The van der Waals surface area contributed by atoms with Crippen molar-refractivity contribution in [1.29, 1.82) is 0 Å². The average Bonchev–Trinajstić information content (AvgIpc) is 3.25. The van der Waals surface area contributed by atoms with Crippen molar-refractivity contribution in [3.8, 4) is 11.4 Å². The number of aliphatic hydroxyl groups excluding tert-OH is 1. The largest absolute Gasteiger partial charge is 0.393 e. The third-order valence-electron chi connectivity index (χ3n) is 4.60. The standard InChI is InChI=1S/C17H23N3O3S/c1-20(10-12-4-2-3-5-14(12)21)16(22)7-6-15-18-17(19-23-15)13-8-9-24-11-13/h8-9,11-12,14,21H,2-7,10H2,1H3. The van der Waals surface area contributed by atoms with Crippen molar-refractivity contribution in [1.82, 2.24) is 15.0 Å². The summed E-state index contributed by atoms with van der Waals surface area (Å²) in [6.45, 7) is 0.615. The molecule has 3 rings (SSSR count). The van der Waals surface area contributed by atoms with Crippen LogP contribution in [0.25, 0.3) is 11.4 Å². The molecule has 1 N–H and O–H groups in total. The molecule has 24 heavy (non-hydrogen) atoms. The summed E-state index contributed by atoms with van der Waals surface area (Å²) < 4.78 is 5.22. The molecule has 2 atom stereocenters. The van der Waals surface area contributed by atoms with E-state index in [0.29, 0.717) is 31.1 Å². The minimum absolute atomic E-state index is 0.0445. The molecule has 2 aromatic rings. The van der Waals surface area contributed by atoms with Gasteiger partial charge in [-0.15, -0.1) is 0 Å². The first-order valence-electron chi connectivity index (χ1n) is 8.40. The number of hydrogen-bond acceptors (Lipinski definition) is 6. The maximum absolute atomic E-state index is 12.3. The minimum atomic E-state index is -0.280. The van der Waals surface area contributed by atoms with Gasteiger partial charge in [0.2, 0.25) is 17.6 Å². The van der Waals surface area contributed by atoms with Crippen molar-refractivity contribution >= 4 is 17.2 Å². The lowest BCUT2D eigenvalue weighted by Crippen LogP contribution is -2.38. The molecular formula is C17H23N3O3S. The van der Waals surface area contributed by atoms with Crippen molar-refractivity contribution in [3.05, 3.63) is 22.7 Å². The van der Waals surface area contributed by atoms with Gasteiger partial charge in [0.1, 0.15) is 0 Å². The number of carbonyl (C=O) groups excluding carboxylic acids is 1. The van der Waals surface area contributed by atoms with E-state index in [1.165, 1.54) is 0 Å². The second-order valence-electron chi connectivity index (χ2n) is 6.41. The maximum atomic E-state index is 12.3. The number of aliphatic hydroxyl groups is 1. The van der Waals surface area contributed by atoms with Crippen LogP contribution in [0.1, 0.15) is 38.0 Å². The van der Waals surface area contributed by atoms with Gasteiger partial charge in [-0.2, -0.15) is 16.3 Å². The highest BCUT2D eigenvalue weighted by Gasteiger charge is 2.25. The molecule has 0 radical (unpaired) electrons. The van der Waals surface area contributed by atoms with Crippen LogP contribution in [0.3, 0.4) is 0 Å². The first-order chi connectivity index (χ1) is 11.6. The van der Waals surface area contributed by atoms with Crippen LogP contribution >= 0.6 is 11.3 Å². The maximum Gasteiger partial charge on any atom is 0.227 e. The molecule has 2 unspecified atom stereocenters. The molecule has 0 aromatic carbocycles. The highest BCUT2D eigenvalue weighted by Crippen LogP contribution is 2.25. The molecule has 0 aliphatic heterocycles. The molecule has 0 spiro atoms.